The zero-order valence-corrected chi connectivity index (χ0v) is 37.8. The number of nitrogens with zero attached hydrogens (tertiary/aromatic N) is 1. The molecule has 0 saturated heterocycles. The van der Waals surface area contributed by atoms with Gasteiger partial charge in [0.05, 0.1) is 27.7 Å². The van der Waals surface area contributed by atoms with E-state index in [4.69, 9.17) is 18.5 Å². The average Bonchev–Trinajstić information content (AvgIpc) is 3.17. The van der Waals surface area contributed by atoms with E-state index < -0.39 is 32.5 Å². The number of esters is 2. The molecular formula is C48H80NO8P. The monoisotopic (exact) mass is 830 g/mol. The van der Waals surface area contributed by atoms with Crippen LogP contribution in [-0.4, -0.2) is 70.0 Å². The number of phosphoric acid groups is 1. The van der Waals surface area contributed by atoms with E-state index in [0.29, 0.717) is 23.9 Å². The minimum absolute atomic E-state index is 0.0515. The molecule has 58 heavy (non-hydrogen) atoms. The second-order valence-electron chi connectivity index (χ2n) is 15.3. The molecule has 0 aromatic carbocycles. The van der Waals surface area contributed by atoms with Gasteiger partial charge in [-0.15, -0.1) is 0 Å². The van der Waals surface area contributed by atoms with Gasteiger partial charge in [-0.05, 0) is 89.9 Å². The number of ether oxygens (including phenoxy) is 2. The van der Waals surface area contributed by atoms with Gasteiger partial charge in [0.15, 0.2) is 6.10 Å². The Morgan fingerprint density at radius 2 is 0.983 bits per heavy atom. The van der Waals surface area contributed by atoms with Gasteiger partial charge in [-0.1, -0.05) is 137 Å². The lowest BCUT2D eigenvalue weighted by atomic mass is 10.1. The van der Waals surface area contributed by atoms with Crippen molar-refractivity contribution < 1.29 is 42.1 Å². The van der Waals surface area contributed by atoms with Gasteiger partial charge in [0.2, 0.25) is 0 Å². The first-order valence-electron chi connectivity index (χ1n) is 21.9. The molecule has 0 aliphatic carbocycles. The van der Waals surface area contributed by atoms with Gasteiger partial charge in [-0.25, -0.2) is 0 Å². The Labute approximate surface area is 353 Å². The number of likely N-dealkylation sites (N-methyl/N-ethyl adjacent to an activating group) is 1. The Morgan fingerprint density at radius 3 is 1.47 bits per heavy atom. The summed E-state index contributed by atoms with van der Waals surface area (Å²) in [6, 6.07) is 0. The minimum Gasteiger partial charge on any atom is -0.756 e. The van der Waals surface area contributed by atoms with Crippen LogP contribution < -0.4 is 4.89 Å². The molecule has 10 heteroatoms. The molecule has 0 rings (SSSR count). The van der Waals surface area contributed by atoms with Crippen LogP contribution in [0.15, 0.2) is 97.2 Å². The number of phosphoric ester groups is 1. The molecule has 330 valence electrons. The van der Waals surface area contributed by atoms with E-state index in [1.165, 1.54) is 32.1 Å². The number of rotatable bonds is 38. The second kappa shape index (κ2) is 39.4. The molecule has 0 bridgehead atoms. The maximum absolute atomic E-state index is 12.7. The van der Waals surface area contributed by atoms with E-state index in [0.717, 1.165) is 70.6 Å². The molecular weight excluding hydrogens is 750 g/mol. The first-order chi connectivity index (χ1) is 28.0. The number of carbonyl (C=O) groups is 2. The summed E-state index contributed by atoms with van der Waals surface area (Å²) in [6.07, 6.45) is 51.5. The predicted octanol–water partition coefficient (Wildman–Crippen LogP) is 11.9. The van der Waals surface area contributed by atoms with Crippen LogP contribution >= 0.6 is 7.82 Å². The van der Waals surface area contributed by atoms with Crippen molar-refractivity contribution in [1.29, 1.82) is 0 Å². The Kier molecular flexibility index (Phi) is 37.3. The Hall–Kier alpha value is -3.07. The number of hydrogen-bond acceptors (Lipinski definition) is 8. The fourth-order valence-electron chi connectivity index (χ4n) is 5.11. The smallest absolute Gasteiger partial charge is 0.306 e. The van der Waals surface area contributed by atoms with E-state index in [1.807, 2.05) is 27.2 Å². The van der Waals surface area contributed by atoms with E-state index in [9.17, 15) is 19.0 Å². The topological polar surface area (TPSA) is 111 Å². The maximum atomic E-state index is 12.7. The first-order valence-corrected chi connectivity index (χ1v) is 23.4. The Balaban J connectivity index is 4.55. The number of carbonyl (C=O) groups excluding carboxylic acids is 2. The molecule has 0 aromatic rings. The molecule has 0 radical (unpaired) electrons. The van der Waals surface area contributed by atoms with Crippen LogP contribution in [0.1, 0.15) is 142 Å². The van der Waals surface area contributed by atoms with Crippen molar-refractivity contribution in [3.63, 3.8) is 0 Å². The van der Waals surface area contributed by atoms with Crippen molar-refractivity contribution in [3.05, 3.63) is 97.2 Å². The summed E-state index contributed by atoms with van der Waals surface area (Å²) in [6.45, 7) is 4.00. The standard InChI is InChI=1S/C48H80NO8P/c1-6-8-10-12-14-16-18-20-22-24-26-28-30-32-34-36-38-40-47(50)54-44-46(45-56-58(52,53)55-43-42-49(3,4)5)57-48(51)41-39-37-35-33-31-29-27-25-23-21-19-17-15-13-11-9-7-2/h11,13-14,16-17,19-20,22-23,25-26,28-29,31-32,34,46H,6-10,12,15,18,21,24,27,30,33,35-45H2,1-5H3/b13-11+,16-14+,19-17+,22-20+,25-23+,28-26+,31-29+,34-32+/t46-/m1/s1. The molecule has 0 aliphatic heterocycles. The molecule has 1 unspecified atom stereocenters. The van der Waals surface area contributed by atoms with E-state index in [-0.39, 0.29) is 26.1 Å². The number of hydrogen-bond donors (Lipinski definition) is 0. The van der Waals surface area contributed by atoms with Crippen LogP contribution in [0.2, 0.25) is 0 Å². The normalized spacial score (nSPS) is 14.5. The van der Waals surface area contributed by atoms with Crippen molar-refractivity contribution in [2.45, 2.75) is 148 Å². The third kappa shape index (κ3) is 42.5. The van der Waals surface area contributed by atoms with Crippen molar-refractivity contribution in [3.8, 4) is 0 Å². The summed E-state index contributed by atoms with van der Waals surface area (Å²) < 4.78 is 33.8. The highest BCUT2D eigenvalue weighted by Gasteiger charge is 2.21. The molecule has 0 saturated carbocycles. The fraction of sp³-hybridized carbons (Fsp3) is 0.625. The van der Waals surface area contributed by atoms with Crippen LogP contribution in [0.25, 0.3) is 0 Å². The third-order valence-electron chi connectivity index (χ3n) is 8.56. The van der Waals surface area contributed by atoms with E-state index in [2.05, 4.69) is 105 Å². The lowest BCUT2D eigenvalue weighted by Crippen LogP contribution is -2.37. The van der Waals surface area contributed by atoms with E-state index in [1.54, 1.807) is 0 Å². The lowest BCUT2D eigenvalue weighted by Gasteiger charge is -2.28. The zero-order chi connectivity index (χ0) is 42.8. The van der Waals surface area contributed by atoms with Gasteiger partial charge in [0.1, 0.15) is 19.8 Å². The van der Waals surface area contributed by atoms with Gasteiger partial charge in [-0.2, -0.15) is 0 Å². The third-order valence-corrected chi connectivity index (χ3v) is 9.52. The predicted molar refractivity (Wildman–Crippen MR) is 240 cm³/mol. The Morgan fingerprint density at radius 1 is 0.534 bits per heavy atom. The van der Waals surface area contributed by atoms with Crippen LogP contribution in [0.5, 0.6) is 0 Å². The molecule has 0 amide bonds. The van der Waals surface area contributed by atoms with Crippen LogP contribution in [0, 0.1) is 0 Å². The first kappa shape index (κ1) is 54.9. The van der Waals surface area contributed by atoms with Crippen molar-refractivity contribution >= 4 is 19.8 Å². The number of allylic oxidation sites excluding steroid dienone is 16. The highest BCUT2D eigenvalue weighted by atomic mass is 31.2. The Bertz CT molecular complexity index is 1300. The summed E-state index contributed by atoms with van der Waals surface area (Å²) in [4.78, 5) is 37.5. The average molecular weight is 830 g/mol. The molecule has 0 N–H and O–H groups in total. The van der Waals surface area contributed by atoms with Gasteiger partial charge in [0, 0.05) is 12.8 Å². The van der Waals surface area contributed by atoms with Gasteiger partial charge >= 0.3 is 11.9 Å². The molecule has 2 atom stereocenters. The molecule has 0 aliphatic rings. The fourth-order valence-corrected chi connectivity index (χ4v) is 5.83. The lowest BCUT2D eigenvalue weighted by molar-refractivity contribution is -0.870. The van der Waals surface area contributed by atoms with Gasteiger partial charge in [0.25, 0.3) is 7.82 Å². The van der Waals surface area contributed by atoms with E-state index >= 15 is 0 Å². The zero-order valence-electron chi connectivity index (χ0n) is 36.9. The van der Waals surface area contributed by atoms with Crippen molar-refractivity contribution in [2.24, 2.45) is 0 Å². The summed E-state index contributed by atoms with van der Waals surface area (Å²) in [5.74, 6) is -0.948. The molecule has 9 nitrogen and oxygen atoms in total. The molecule has 0 spiro atoms. The van der Waals surface area contributed by atoms with Crippen LogP contribution in [0.4, 0.5) is 0 Å². The largest absolute Gasteiger partial charge is 0.756 e. The quantitative estimate of drug-likeness (QED) is 0.0199. The number of quaternary nitrogens is 1. The summed E-state index contributed by atoms with van der Waals surface area (Å²) >= 11 is 0. The second-order valence-corrected chi connectivity index (χ2v) is 16.8. The number of unbranched alkanes of at least 4 members (excludes halogenated alkanes) is 8. The maximum Gasteiger partial charge on any atom is 0.306 e. The van der Waals surface area contributed by atoms with Gasteiger partial charge < -0.3 is 27.9 Å². The van der Waals surface area contributed by atoms with Crippen LogP contribution in [-0.2, 0) is 32.7 Å². The van der Waals surface area contributed by atoms with Crippen LogP contribution in [0.3, 0.4) is 0 Å². The van der Waals surface area contributed by atoms with Crippen molar-refractivity contribution in [2.75, 3.05) is 47.5 Å². The molecule has 0 heterocycles. The summed E-state index contributed by atoms with van der Waals surface area (Å²) in [7, 11) is 1.10. The summed E-state index contributed by atoms with van der Waals surface area (Å²) in [5, 5.41) is 0. The summed E-state index contributed by atoms with van der Waals surface area (Å²) in [5.41, 5.74) is 0. The minimum atomic E-state index is -4.65. The van der Waals surface area contributed by atoms with Gasteiger partial charge in [-0.3, -0.25) is 14.2 Å². The molecule has 0 fully saturated rings. The SMILES string of the molecule is CCC/C=C/C/C=C/C/C=C/C/C=C/CCCCCC(=O)O[C@H](COC(=O)CCC/C=C/C/C=C/C/C=C/C/C=C/CCCCC)COP(=O)([O-])OCC[N+](C)(C)C. The molecule has 0 aromatic heterocycles. The van der Waals surface area contributed by atoms with Crippen molar-refractivity contribution in [1.82, 2.24) is 0 Å². The highest BCUT2D eigenvalue weighted by Crippen LogP contribution is 2.38. The highest BCUT2D eigenvalue weighted by molar-refractivity contribution is 7.45.